The molecule has 15 heavy (non-hydrogen) atoms. The molecule has 0 radical (unpaired) electrons. The molecule has 2 rings (SSSR count). The molecule has 0 saturated carbocycles. The minimum Gasteiger partial charge on any atom is -0.222 e. The zero-order valence-corrected chi connectivity index (χ0v) is 9.79. The van der Waals surface area contributed by atoms with E-state index in [1.54, 1.807) is 0 Å². The monoisotopic (exact) mass is 231 g/mol. The average Bonchev–Trinajstić information content (AvgIpc) is 2.31. The third-order valence-electron chi connectivity index (χ3n) is 1.94. The molecule has 1 atom stereocenters. The van der Waals surface area contributed by atoms with Gasteiger partial charge in [0.2, 0.25) is 0 Å². The minimum atomic E-state index is -0.844. The summed E-state index contributed by atoms with van der Waals surface area (Å²) in [6.07, 6.45) is 0. The SMILES string of the molecule is S=P(=Nc1ccccc1)c1ccccc1. The van der Waals surface area contributed by atoms with E-state index in [0.717, 1.165) is 11.0 Å². The van der Waals surface area contributed by atoms with E-state index < -0.39 is 6.49 Å². The van der Waals surface area contributed by atoms with Gasteiger partial charge in [0.25, 0.3) is 0 Å². The Balaban J connectivity index is 2.34. The van der Waals surface area contributed by atoms with Gasteiger partial charge in [-0.05, 0) is 36.1 Å². The molecule has 1 unspecified atom stereocenters. The molecule has 0 aliphatic heterocycles. The third-order valence-corrected chi connectivity index (χ3v) is 3.97. The number of hydrogen-bond donors (Lipinski definition) is 0. The Labute approximate surface area is 94.9 Å². The lowest BCUT2D eigenvalue weighted by Crippen LogP contribution is -1.88. The highest BCUT2D eigenvalue weighted by molar-refractivity contribution is 8.03. The van der Waals surface area contributed by atoms with E-state index in [9.17, 15) is 0 Å². The van der Waals surface area contributed by atoms with Crippen LogP contribution < -0.4 is 5.30 Å². The van der Waals surface area contributed by atoms with Crippen LogP contribution in [0.15, 0.2) is 65.4 Å². The maximum Gasteiger partial charge on any atom is 0.0705 e. The maximum absolute atomic E-state index is 5.38. The zero-order valence-electron chi connectivity index (χ0n) is 8.08. The summed E-state index contributed by atoms with van der Waals surface area (Å²) in [5, 5.41) is 1.13. The van der Waals surface area contributed by atoms with Crippen LogP contribution in [0.25, 0.3) is 0 Å². The summed E-state index contributed by atoms with van der Waals surface area (Å²) >= 11 is 5.38. The van der Waals surface area contributed by atoms with Gasteiger partial charge in [-0.1, -0.05) is 36.4 Å². The largest absolute Gasteiger partial charge is 0.222 e. The summed E-state index contributed by atoms with van der Waals surface area (Å²) in [7, 11) is 0. The summed E-state index contributed by atoms with van der Waals surface area (Å²) in [5.41, 5.74) is 0.961. The van der Waals surface area contributed by atoms with E-state index in [4.69, 9.17) is 11.8 Å². The fraction of sp³-hybridized carbons (Fsp3) is 0. The van der Waals surface area contributed by atoms with Gasteiger partial charge in [0, 0.05) is 5.30 Å². The van der Waals surface area contributed by atoms with Crippen LogP contribution in [0.4, 0.5) is 5.69 Å². The molecular formula is C12H10NPS. The highest BCUT2D eigenvalue weighted by Crippen LogP contribution is 2.20. The molecule has 0 aromatic heterocycles. The van der Waals surface area contributed by atoms with Crippen molar-refractivity contribution in [3.63, 3.8) is 0 Å². The Morgan fingerprint density at radius 3 is 1.93 bits per heavy atom. The smallest absolute Gasteiger partial charge is 0.0705 e. The molecule has 0 spiro atoms. The van der Waals surface area contributed by atoms with E-state index >= 15 is 0 Å². The van der Waals surface area contributed by atoms with E-state index in [1.807, 2.05) is 60.7 Å². The van der Waals surface area contributed by atoms with Crippen LogP contribution in [0, 0.1) is 0 Å². The van der Waals surface area contributed by atoms with Crippen molar-refractivity contribution in [2.75, 3.05) is 0 Å². The molecule has 0 saturated heterocycles. The highest BCUT2D eigenvalue weighted by atomic mass is 32.4. The van der Waals surface area contributed by atoms with Crippen molar-refractivity contribution in [3.8, 4) is 0 Å². The van der Waals surface area contributed by atoms with Gasteiger partial charge < -0.3 is 0 Å². The van der Waals surface area contributed by atoms with Gasteiger partial charge in [0.1, 0.15) is 0 Å². The Morgan fingerprint density at radius 2 is 1.33 bits per heavy atom. The van der Waals surface area contributed by atoms with Crippen LogP contribution >= 0.6 is 6.49 Å². The van der Waals surface area contributed by atoms with Gasteiger partial charge >= 0.3 is 0 Å². The average molecular weight is 231 g/mol. The number of hydrogen-bond acceptors (Lipinski definition) is 2. The first-order valence-electron chi connectivity index (χ1n) is 4.65. The Morgan fingerprint density at radius 1 is 0.800 bits per heavy atom. The van der Waals surface area contributed by atoms with Crippen LogP contribution in [-0.4, -0.2) is 0 Å². The topological polar surface area (TPSA) is 12.4 Å². The van der Waals surface area contributed by atoms with Gasteiger partial charge in [-0.2, -0.15) is 0 Å². The molecule has 0 bridgehead atoms. The quantitative estimate of drug-likeness (QED) is 0.716. The summed E-state index contributed by atoms with van der Waals surface area (Å²) in [6.45, 7) is -0.844. The molecule has 1 nitrogen and oxygen atoms in total. The van der Waals surface area contributed by atoms with Crippen LogP contribution in [0.5, 0.6) is 0 Å². The molecule has 0 amide bonds. The predicted molar refractivity (Wildman–Crippen MR) is 68.9 cm³/mol. The molecule has 2 aromatic carbocycles. The predicted octanol–water partition coefficient (Wildman–Crippen LogP) is 3.77. The van der Waals surface area contributed by atoms with Crippen LogP contribution in [-0.2, 0) is 11.8 Å². The molecule has 0 aliphatic carbocycles. The van der Waals surface area contributed by atoms with Gasteiger partial charge in [-0.3, -0.25) is 0 Å². The standard InChI is InChI=1S/C12H10NPS/c15-14(12-9-5-2-6-10-12)13-11-7-3-1-4-8-11/h1-10H. The number of benzene rings is 2. The second-order valence-corrected chi connectivity index (χ2v) is 5.34. The fourth-order valence-electron chi connectivity index (χ4n) is 1.21. The second kappa shape index (κ2) is 5.01. The molecule has 0 N–H and O–H groups in total. The van der Waals surface area contributed by atoms with Crippen molar-refractivity contribution < 1.29 is 0 Å². The van der Waals surface area contributed by atoms with Gasteiger partial charge in [0.15, 0.2) is 0 Å². The molecule has 74 valence electrons. The van der Waals surface area contributed by atoms with E-state index in [2.05, 4.69) is 4.74 Å². The van der Waals surface area contributed by atoms with Gasteiger partial charge in [-0.15, -0.1) is 0 Å². The molecular weight excluding hydrogens is 221 g/mol. The third kappa shape index (κ3) is 2.85. The summed E-state index contributed by atoms with van der Waals surface area (Å²) in [5.74, 6) is 0. The van der Waals surface area contributed by atoms with Crippen LogP contribution in [0.2, 0.25) is 0 Å². The van der Waals surface area contributed by atoms with Crippen molar-refractivity contribution in [1.82, 2.24) is 0 Å². The lowest BCUT2D eigenvalue weighted by Gasteiger charge is -1.94. The number of nitrogens with zero attached hydrogens (tertiary/aromatic N) is 1. The van der Waals surface area contributed by atoms with Crippen LogP contribution in [0.3, 0.4) is 0 Å². The lowest BCUT2D eigenvalue weighted by molar-refractivity contribution is 1.57. The van der Waals surface area contributed by atoms with E-state index in [0.29, 0.717) is 0 Å². The first-order chi connectivity index (χ1) is 7.36. The maximum atomic E-state index is 5.38. The first kappa shape index (κ1) is 10.3. The summed E-state index contributed by atoms with van der Waals surface area (Å²) in [6, 6.07) is 19.9. The summed E-state index contributed by atoms with van der Waals surface area (Å²) in [4.78, 5) is 0. The second-order valence-electron chi connectivity index (χ2n) is 3.04. The van der Waals surface area contributed by atoms with Crippen molar-refractivity contribution in [2.24, 2.45) is 4.74 Å². The normalized spacial score (nSPS) is 11.3. The van der Waals surface area contributed by atoms with Crippen molar-refractivity contribution >= 4 is 29.3 Å². The van der Waals surface area contributed by atoms with E-state index in [-0.39, 0.29) is 0 Å². The van der Waals surface area contributed by atoms with Gasteiger partial charge in [-0.25, -0.2) is 4.74 Å². The van der Waals surface area contributed by atoms with Crippen molar-refractivity contribution in [2.45, 2.75) is 0 Å². The molecule has 3 heteroatoms. The summed E-state index contributed by atoms with van der Waals surface area (Å²) < 4.78 is 4.51. The first-order valence-corrected chi connectivity index (χ1v) is 6.96. The van der Waals surface area contributed by atoms with E-state index in [1.165, 1.54) is 0 Å². The molecule has 0 fully saturated rings. The molecule has 0 heterocycles. The Kier molecular flexibility index (Phi) is 3.44. The lowest BCUT2D eigenvalue weighted by atomic mass is 10.3. The molecule has 0 aliphatic rings. The Bertz CT molecular complexity index is 502. The Hall–Kier alpha value is -1.24. The van der Waals surface area contributed by atoms with Crippen molar-refractivity contribution in [3.05, 3.63) is 60.7 Å². The fourth-order valence-corrected chi connectivity index (χ4v) is 2.75. The van der Waals surface area contributed by atoms with Crippen LogP contribution in [0.1, 0.15) is 0 Å². The zero-order chi connectivity index (χ0) is 10.5. The molecule has 2 aromatic rings. The minimum absolute atomic E-state index is 0.844. The highest BCUT2D eigenvalue weighted by Gasteiger charge is 1.91. The van der Waals surface area contributed by atoms with Crippen molar-refractivity contribution in [1.29, 1.82) is 0 Å². The van der Waals surface area contributed by atoms with Gasteiger partial charge in [0.05, 0.1) is 12.2 Å². The number of rotatable bonds is 2.